The lowest BCUT2D eigenvalue weighted by Crippen LogP contribution is -2.70. The van der Waals surface area contributed by atoms with Gasteiger partial charge in [0.05, 0.1) is 57.9 Å². The van der Waals surface area contributed by atoms with Crippen LogP contribution in [0.1, 0.15) is 188 Å². The van der Waals surface area contributed by atoms with E-state index >= 15 is 0 Å². The van der Waals surface area contributed by atoms with Gasteiger partial charge in [-0.1, -0.05) is 161 Å². The minimum atomic E-state index is -2.25. The van der Waals surface area contributed by atoms with Crippen LogP contribution in [0.15, 0.2) is 12.2 Å². The second-order valence-electron chi connectivity index (χ2n) is 28.8. The number of amides is 2. The van der Waals surface area contributed by atoms with Gasteiger partial charge in [-0.3, -0.25) is 9.59 Å². The van der Waals surface area contributed by atoms with Crippen molar-refractivity contribution in [3.05, 3.63) is 12.2 Å². The number of ether oxygens (including phenoxy) is 12. The van der Waals surface area contributed by atoms with Gasteiger partial charge in [0.15, 0.2) is 37.7 Å². The van der Waals surface area contributed by atoms with Crippen molar-refractivity contribution in [2.75, 3.05) is 39.6 Å². The number of hydrogen-bond donors (Lipinski definition) is 20. The molecule has 614 valence electrons. The van der Waals surface area contributed by atoms with Crippen LogP contribution in [0, 0.1) is 0 Å². The SMILES string of the molecule is CCCCCCCCCCCC/C=C/[C@@H](O)[C@H](CO[C@@H]1O[C@H](CO)[C@@H](O[C@@H]2O[C@H](CO)[C@H](O[C@H]3O[C@H](CO)[C@H](O)[C@H](O[C@@H]4O[C@H](CO)[C@H](O)[C@H](O[C@@H]5O[C@H](CO)[C@H](O)[C@H](O)[C@H]5O[C@@H]5O[C@@H](C)[C@@H](O)[C@@H](O)[C@@H]5O)[C@H]4NC(C)=O)[C@H]3O)[C@H](O)[C@H]2O)[C@H](O)[C@H]1O)NC(=O)CCCCCCCCCCCCCCC. The third-order valence-corrected chi connectivity index (χ3v) is 20.5. The maximum Gasteiger partial charge on any atom is 0.220 e. The lowest BCUT2D eigenvalue weighted by atomic mass is 9.94. The summed E-state index contributed by atoms with van der Waals surface area (Å²) in [5, 5.41) is 205. The largest absolute Gasteiger partial charge is 0.394 e. The van der Waals surface area contributed by atoms with Crippen LogP contribution in [-0.2, 0) is 66.4 Å². The number of nitrogens with one attached hydrogen (secondary N) is 2. The summed E-state index contributed by atoms with van der Waals surface area (Å²) < 4.78 is 70.6. The van der Waals surface area contributed by atoms with E-state index in [0.29, 0.717) is 12.8 Å². The van der Waals surface area contributed by atoms with Crippen LogP contribution in [0.2, 0.25) is 0 Å². The van der Waals surface area contributed by atoms with Crippen LogP contribution >= 0.6 is 0 Å². The summed E-state index contributed by atoms with van der Waals surface area (Å²) in [6.45, 7) is 1.32. The Labute approximate surface area is 615 Å². The van der Waals surface area contributed by atoms with Gasteiger partial charge in [0, 0.05) is 13.3 Å². The Bertz CT molecular complexity index is 2400. The molecule has 2 amide bonds. The molecule has 34 heteroatoms. The third kappa shape index (κ3) is 26.8. The second kappa shape index (κ2) is 47.8. The molecule has 0 aromatic heterocycles. The van der Waals surface area contributed by atoms with Gasteiger partial charge in [0.1, 0.15) is 140 Å². The summed E-state index contributed by atoms with van der Waals surface area (Å²) in [6.07, 6.45) is -25.8. The van der Waals surface area contributed by atoms with E-state index in [0.717, 1.165) is 58.3 Å². The van der Waals surface area contributed by atoms with Crippen LogP contribution < -0.4 is 10.6 Å². The highest BCUT2D eigenvalue weighted by molar-refractivity contribution is 5.76. The number of unbranched alkanes of at least 4 members (excludes halogenated alkanes) is 22. The summed E-state index contributed by atoms with van der Waals surface area (Å²) in [6, 6.07) is -2.87. The summed E-state index contributed by atoms with van der Waals surface area (Å²) in [5.41, 5.74) is 0. The molecule has 6 fully saturated rings. The van der Waals surface area contributed by atoms with Gasteiger partial charge < -0.3 is 159 Å². The van der Waals surface area contributed by atoms with Gasteiger partial charge in [-0.2, -0.15) is 0 Å². The van der Waals surface area contributed by atoms with E-state index in [9.17, 15) is 102 Å². The highest BCUT2D eigenvalue weighted by atomic mass is 16.8. The Balaban J connectivity index is 1.09. The maximum absolute atomic E-state index is 13.4. The molecule has 0 radical (unpaired) electrons. The Morgan fingerprint density at radius 3 is 1.29 bits per heavy atom. The van der Waals surface area contributed by atoms with E-state index in [2.05, 4.69) is 24.5 Å². The van der Waals surface area contributed by atoms with Crippen LogP contribution in [0.5, 0.6) is 0 Å². The molecule has 34 nitrogen and oxygen atoms in total. The molecule has 0 bridgehead atoms. The first-order chi connectivity index (χ1) is 50.4. The molecule has 6 aliphatic heterocycles. The number of allylic oxidation sites excluding steroid dienone is 1. The van der Waals surface area contributed by atoms with E-state index in [1.54, 1.807) is 6.08 Å². The first-order valence-electron chi connectivity index (χ1n) is 38.3. The molecule has 32 atom stereocenters. The Morgan fingerprint density at radius 2 is 0.771 bits per heavy atom. The first-order valence-corrected chi connectivity index (χ1v) is 38.3. The zero-order valence-electron chi connectivity index (χ0n) is 61.3. The second-order valence-corrected chi connectivity index (χ2v) is 28.8. The summed E-state index contributed by atoms with van der Waals surface area (Å²) in [4.78, 5) is 26.4. The molecule has 0 aromatic carbocycles. The van der Waals surface area contributed by atoms with Crippen LogP contribution in [0.4, 0.5) is 0 Å². The van der Waals surface area contributed by atoms with Crippen LogP contribution in [0.3, 0.4) is 0 Å². The molecule has 105 heavy (non-hydrogen) atoms. The molecule has 6 rings (SSSR count). The predicted molar refractivity (Wildman–Crippen MR) is 367 cm³/mol. The zero-order chi connectivity index (χ0) is 76.9. The minimum Gasteiger partial charge on any atom is -0.394 e. The van der Waals surface area contributed by atoms with E-state index in [-0.39, 0.29) is 12.3 Å². The van der Waals surface area contributed by atoms with E-state index in [1.165, 1.54) is 96.8 Å². The third-order valence-electron chi connectivity index (χ3n) is 20.5. The van der Waals surface area contributed by atoms with Gasteiger partial charge in [-0.15, -0.1) is 0 Å². The minimum absolute atomic E-state index is 0.185. The topological polar surface area (TPSA) is 533 Å². The molecule has 6 heterocycles. The summed E-state index contributed by atoms with van der Waals surface area (Å²) >= 11 is 0. The average Bonchev–Trinajstić information content (AvgIpc) is 0.781. The van der Waals surface area contributed by atoms with Crippen molar-refractivity contribution >= 4 is 11.8 Å². The molecule has 0 spiro atoms. The quantitative estimate of drug-likeness (QED) is 0.0218. The summed E-state index contributed by atoms with van der Waals surface area (Å²) in [5.74, 6) is -1.21. The highest BCUT2D eigenvalue weighted by Gasteiger charge is 2.58. The fourth-order valence-corrected chi connectivity index (χ4v) is 14.1. The molecule has 6 saturated heterocycles. The average molecular weight is 1520 g/mol. The highest BCUT2D eigenvalue weighted by Crippen LogP contribution is 2.38. The van der Waals surface area contributed by atoms with Crippen molar-refractivity contribution in [3.63, 3.8) is 0 Å². The van der Waals surface area contributed by atoms with Crippen molar-refractivity contribution in [2.24, 2.45) is 0 Å². The normalized spacial score (nSPS) is 39.0. The molecule has 0 saturated carbocycles. The molecule has 0 aliphatic carbocycles. The monoisotopic (exact) mass is 1520 g/mol. The number of rotatable bonds is 47. The van der Waals surface area contributed by atoms with Gasteiger partial charge in [-0.25, -0.2) is 0 Å². The van der Waals surface area contributed by atoms with Crippen molar-refractivity contribution < 1.29 is 158 Å². The smallest absolute Gasteiger partial charge is 0.220 e. The lowest BCUT2D eigenvalue weighted by molar-refractivity contribution is -0.393. The van der Waals surface area contributed by atoms with E-state index < -0.39 is 242 Å². The maximum atomic E-state index is 13.4. The summed E-state index contributed by atoms with van der Waals surface area (Å²) in [7, 11) is 0. The van der Waals surface area contributed by atoms with E-state index in [1.807, 2.05) is 6.08 Å². The molecule has 6 aliphatic rings. The van der Waals surface area contributed by atoms with Crippen molar-refractivity contribution in [3.8, 4) is 0 Å². The predicted octanol–water partition coefficient (Wildman–Crippen LogP) is -2.71. The fourth-order valence-electron chi connectivity index (χ4n) is 14.1. The first kappa shape index (κ1) is 91.4. The Morgan fingerprint density at radius 1 is 0.390 bits per heavy atom. The number of aliphatic hydroxyl groups excluding tert-OH is 18. The lowest BCUT2D eigenvalue weighted by Gasteiger charge is -2.51. The Hall–Kier alpha value is -2.52. The van der Waals surface area contributed by atoms with Gasteiger partial charge in [-0.05, 0) is 26.2 Å². The standard InChI is InChI=1S/C71H128N2O32/c1-5-7-9-11-13-15-17-19-21-23-25-27-29-31-47(81)73-40(41(80)30-28-26-24-22-20-18-16-14-12-10-8-6-2)37-94-67-58(91)55(88)61(45(35-77)99-67)101-69-59(92)56(89)62(46(36-78)100-69)102-70-60(93)64(52(85)44(34-76)97-70)104-66-48(72-39(4)79)63(51(84)43(33-75)96-66)103-71-65(54(87)50(83)42(32-74)98-71)105-68-57(90)53(86)49(82)38(3)95-68/h28,30,38,40-46,48-71,74-78,80,82-93H,5-27,29,31-37H2,1-4H3,(H,72,79)(H,73,81)/b30-28+/t38-,40-,41+,42+,43+,44+,45+,46+,48+,49+,50-,51-,52-,53+,54-,55+,56+,57-,58+,59+,60+,61+,62-,63+,64-,65+,66-,67+,68-,69-,70+,71-/m0/s1. The van der Waals surface area contributed by atoms with Crippen molar-refractivity contribution in [1.29, 1.82) is 0 Å². The molecule has 20 N–H and O–H groups in total. The van der Waals surface area contributed by atoms with Gasteiger partial charge >= 0.3 is 0 Å². The van der Waals surface area contributed by atoms with Crippen molar-refractivity contribution in [2.45, 2.75) is 385 Å². The van der Waals surface area contributed by atoms with Crippen LogP contribution in [0.25, 0.3) is 0 Å². The number of carbonyl (C=O) groups is 2. The molecule has 0 aromatic rings. The fraction of sp³-hybridized carbons (Fsp3) is 0.944. The number of hydrogen-bond acceptors (Lipinski definition) is 32. The molecule has 0 unspecified atom stereocenters. The van der Waals surface area contributed by atoms with Crippen molar-refractivity contribution in [1.82, 2.24) is 10.6 Å². The Kier molecular flexibility index (Phi) is 41.5. The number of carbonyl (C=O) groups excluding carboxylic acids is 2. The zero-order valence-corrected chi connectivity index (χ0v) is 61.3. The molecular formula is C71H128N2O32. The van der Waals surface area contributed by atoms with Crippen LogP contribution in [-0.4, -0.2) is 340 Å². The van der Waals surface area contributed by atoms with Gasteiger partial charge in [0.2, 0.25) is 11.8 Å². The van der Waals surface area contributed by atoms with E-state index in [4.69, 9.17) is 56.8 Å². The van der Waals surface area contributed by atoms with Gasteiger partial charge in [0.25, 0.3) is 0 Å². The molecular weight excluding hydrogens is 1390 g/mol. The number of aliphatic hydroxyl groups is 18.